The van der Waals surface area contributed by atoms with Crippen molar-refractivity contribution in [1.29, 1.82) is 0 Å². The molecule has 0 saturated carbocycles. The highest BCUT2D eigenvalue weighted by Gasteiger charge is 2.32. The Kier molecular flexibility index (Phi) is 8.97. The van der Waals surface area contributed by atoms with Crippen molar-refractivity contribution in [3.8, 4) is 0 Å². The van der Waals surface area contributed by atoms with Crippen LogP contribution >= 0.6 is 0 Å². The Morgan fingerprint density at radius 1 is 1.22 bits per heavy atom. The minimum Gasteiger partial charge on any atom is -0.480 e. The average molecular weight is 595 g/mol. The summed E-state index contributed by atoms with van der Waals surface area (Å²) in [5.41, 5.74) is 1.19. The van der Waals surface area contributed by atoms with Crippen LogP contribution in [0.4, 0.5) is 19.0 Å². The predicted molar refractivity (Wildman–Crippen MR) is 143 cm³/mol. The quantitative estimate of drug-likeness (QED) is 0.264. The number of benzene rings is 1. The second-order valence-corrected chi connectivity index (χ2v) is 11.5. The first-order chi connectivity index (χ1) is 19.3. The summed E-state index contributed by atoms with van der Waals surface area (Å²) in [5.74, 6) is -2.25. The van der Waals surface area contributed by atoms with Gasteiger partial charge in [-0.1, -0.05) is 17.7 Å². The van der Waals surface area contributed by atoms with Crippen molar-refractivity contribution in [2.75, 3.05) is 18.4 Å². The second-order valence-electron chi connectivity index (χ2n) is 9.77. The van der Waals surface area contributed by atoms with E-state index < -0.39 is 52.0 Å². The number of hydrogen-bond acceptors (Lipinski definition) is 7. The summed E-state index contributed by atoms with van der Waals surface area (Å²) in [6.07, 6.45) is 0.702. The zero-order valence-electron chi connectivity index (χ0n) is 22.0. The lowest BCUT2D eigenvalue weighted by Gasteiger charge is -2.17. The molecule has 1 aliphatic rings. The molecule has 41 heavy (non-hydrogen) atoms. The molecule has 0 bridgehead atoms. The van der Waals surface area contributed by atoms with E-state index in [9.17, 15) is 36.3 Å². The number of aliphatic carboxylic acids is 1. The highest BCUT2D eigenvalue weighted by atomic mass is 32.2. The number of carbonyl (C=O) groups excluding carboxylic acids is 1. The Morgan fingerprint density at radius 2 is 2.00 bits per heavy atom. The molecule has 4 N–H and O–H groups in total. The van der Waals surface area contributed by atoms with Crippen molar-refractivity contribution in [3.63, 3.8) is 0 Å². The molecule has 3 heterocycles. The van der Waals surface area contributed by atoms with Gasteiger partial charge in [-0.25, -0.2) is 13.4 Å². The molecule has 3 aromatic rings. The highest BCUT2D eigenvalue weighted by Crippen LogP contribution is 2.31. The molecule has 11 nitrogen and oxygen atoms in total. The fraction of sp³-hybridized carbons (Fsp3) is 0.385. The number of pyridine rings is 1. The summed E-state index contributed by atoms with van der Waals surface area (Å²) in [5, 5.41) is 19.3. The van der Waals surface area contributed by atoms with E-state index in [4.69, 9.17) is 0 Å². The predicted octanol–water partition coefficient (Wildman–Crippen LogP) is 2.51. The lowest BCUT2D eigenvalue weighted by atomic mass is 10.1. The molecular weight excluding hydrogens is 565 g/mol. The van der Waals surface area contributed by atoms with Crippen LogP contribution in [0.1, 0.15) is 44.7 Å². The zero-order chi connectivity index (χ0) is 29.8. The van der Waals surface area contributed by atoms with Gasteiger partial charge in [0.05, 0.1) is 23.1 Å². The van der Waals surface area contributed by atoms with Crippen LogP contribution in [0.25, 0.3) is 0 Å². The first kappa shape index (κ1) is 30.0. The second kappa shape index (κ2) is 12.3. The average Bonchev–Trinajstić information content (AvgIpc) is 3.37. The van der Waals surface area contributed by atoms with Gasteiger partial charge in [0.25, 0.3) is 5.91 Å². The number of sulfonamides is 1. The molecule has 220 valence electrons. The number of amides is 1. The summed E-state index contributed by atoms with van der Waals surface area (Å²) in [7, 11) is -4.38. The van der Waals surface area contributed by atoms with E-state index in [1.807, 2.05) is 16.9 Å². The number of carbonyl (C=O) groups is 2. The number of alkyl halides is 3. The Hall–Kier alpha value is -3.98. The number of hydrogen-bond donors (Lipinski definition) is 4. The first-order valence-electron chi connectivity index (χ1n) is 12.7. The molecule has 0 radical (unpaired) electrons. The largest absolute Gasteiger partial charge is 0.480 e. The Labute approximate surface area is 234 Å². The molecule has 0 spiro atoms. The molecule has 0 aliphatic carbocycles. The molecule has 1 aliphatic heterocycles. The molecule has 1 amide bonds. The van der Waals surface area contributed by atoms with E-state index in [2.05, 4.69) is 20.7 Å². The minimum absolute atomic E-state index is 0.136. The third kappa shape index (κ3) is 8.27. The molecular formula is C26H29F3N6O5S. The van der Waals surface area contributed by atoms with Crippen LogP contribution in [0.15, 0.2) is 42.7 Å². The molecule has 15 heteroatoms. The van der Waals surface area contributed by atoms with E-state index in [0.717, 1.165) is 37.0 Å². The molecule has 1 atom stereocenters. The van der Waals surface area contributed by atoms with Crippen LogP contribution in [0.5, 0.6) is 0 Å². The van der Waals surface area contributed by atoms with Crippen LogP contribution in [-0.4, -0.2) is 59.3 Å². The zero-order valence-corrected chi connectivity index (χ0v) is 22.8. The fourth-order valence-electron chi connectivity index (χ4n) is 4.40. The third-order valence-electron chi connectivity index (χ3n) is 6.35. The van der Waals surface area contributed by atoms with E-state index in [0.29, 0.717) is 19.0 Å². The van der Waals surface area contributed by atoms with Gasteiger partial charge in [0.2, 0.25) is 10.0 Å². The fourth-order valence-corrected chi connectivity index (χ4v) is 5.71. The minimum atomic E-state index is -4.67. The van der Waals surface area contributed by atoms with Crippen LogP contribution in [-0.2, 0) is 46.1 Å². The Balaban J connectivity index is 1.32. The van der Waals surface area contributed by atoms with Gasteiger partial charge in [-0.15, -0.1) is 0 Å². The molecule has 1 aromatic carbocycles. The Bertz CT molecular complexity index is 1540. The van der Waals surface area contributed by atoms with Gasteiger partial charge < -0.3 is 15.7 Å². The van der Waals surface area contributed by atoms with Gasteiger partial charge in [0, 0.05) is 37.9 Å². The normalized spacial score (nSPS) is 14.1. The van der Waals surface area contributed by atoms with Crippen LogP contribution < -0.4 is 15.4 Å². The van der Waals surface area contributed by atoms with Gasteiger partial charge in [-0.05, 0) is 49.1 Å². The van der Waals surface area contributed by atoms with Crippen molar-refractivity contribution < 1.29 is 36.3 Å². The molecule has 0 fully saturated rings. The molecule has 2 aromatic heterocycles. The van der Waals surface area contributed by atoms with E-state index in [1.54, 1.807) is 0 Å². The maximum absolute atomic E-state index is 13.1. The van der Waals surface area contributed by atoms with Gasteiger partial charge >= 0.3 is 12.1 Å². The van der Waals surface area contributed by atoms with Crippen molar-refractivity contribution in [3.05, 3.63) is 76.2 Å². The van der Waals surface area contributed by atoms with Crippen LogP contribution in [0, 0.1) is 6.92 Å². The number of nitrogens with zero attached hydrogens (tertiary/aromatic N) is 3. The third-order valence-corrected chi connectivity index (χ3v) is 7.71. The van der Waals surface area contributed by atoms with Crippen molar-refractivity contribution in [2.45, 2.75) is 50.7 Å². The maximum atomic E-state index is 13.1. The number of rotatable bonds is 11. The SMILES string of the molecule is Cc1cc(CS(=O)(=O)N[C@@H](CNC(=O)c2cnn(CCc3ccc4c(n3)NCCC4)c2)C(=O)O)cc(C(F)(F)F)c1. The monoisotopic (exact) mass is 594 g/mol. The summed E-state index contributed by atoms with van der Waals surface area (Å²) >= 11 is 0. The number of anilines is 1. The maximum Gasteiger partial charge on any atom is 0.416 e. The van der Waals surface area contributed by atoms with Crippen LogP contribution in [0.2, 0.25) is 0 Å². The summed E-state index contributed by atoms with van der Waals surface area (Å²) in [6, 6.07) is 5.07. The van der Waals surface area contributed by atoms with Crippen molar-refractivity contribution in [1.82, 2.24) is 24.8 Å². The van der Waals surface area contributed by atoms with Gasteiger partial charge in [-0.2, -0.15) is 23.0 Å². The summed E-state index contributed by atoms with van der Waals surface area (Å²) in [6.45, 7) is 2.09. The summed E-state index contributed by atoms with van der Waals surface area (Å²) in [4.78, 5) is 28.9. The number of aryl methyl sites for hydroxylation is 4. The van der Waals surface area contributed by atoms with Gasteiger partial charge in [0.15, 0.2) is 0 Å². The smallest absolute Gasteiger partial charge is 0.416 e. The number of aromatic nitrogens is 3. The Morgan fingerprint density at radius 3 is 2.73 bits per heavy atom. The van der Waals surface area contributed by atoms with E-state index in [-0.39, 0.29) is 16.7 Å². The molecule has 0 saturated heterocycles. The van der Waals surface area contributed by atoms with Crippen molar-refractivity contribution >= 4 is 27.7 Å². The van der Waals surface area contributed by atoms with Crippen molar-refractivity contribution in [2.24, 2.45) is 0 Å². The lowest BCUT2D eigenvalue weighted by molar-refractivity contribution is -0.139. The number of halogens is 3. The van der Waals surface area contributed by atoms with Gasteiger partial charge in [0.1, 0.15) is 11.9 Å². The number of fused-ring (bicyclic) bond motifs is 1. The number of nitrogens with one attached hydrogen (secondary N) is 3. The number of carboxylic acid groups (broad SMARTS) is 1. The molecule has 4 rings (SSSR count). The topological polar surface area (TPSA) is 155 Å². The number of carboxylic acids is 1. The van der Waals surface area contributed by atoms with Gasteiger partial charge in [-0.3, -0.25) is 14.3 Å². The molecule has 0 unspecified atom stereocenters. The van der Waals surface area contributed by atoms with Crippen LogP contribution in [0.3, 0.4) is 0 Å². The lowest BCUT2D eigenvalue weighted by Crippen LogP contribution is -2.48. The standard InChI is InChI=1S/C26H29F3N6O5S/c1-16-9-17(11-20(10-16)26(27,28)29)15-41(39,40)34-22(25(37)38)13-31-24(36)19-12-32-35(14-19)8-6-21-5-4-18-3-2-7-30-23(18)33-21/h4-5,9-12,14,22,34H,2-3,6-8,13,15H2,1H3,(H,30,33)(H,31,36)(H,37,38)/t22-/m0/s1. The highest BCUT2D eigenvalue weighted by molar-refractivity contribution is 7.88. The first-order valence-corrected chi connectivity index (χ1v) is 14.4. The van der Waals surface area contributed by atoms with E-state index >= 15 is 0 Å². The summed E-state index contributed by atoms with van der Waals surface area (Å²) < 4.78 is 67.9. The van der Waals surface area contributed by atoms with E-state index in [1.165, 1.54) is 35.6 Å².